The quantitative estimate of drug-likeness (QED) is 0.201. The standard InChI is InChI=1S/C7H6O2S.C6H8O2.C2H5.Hg.K.Na/c8-7(9)5-3-1-2-4-6(5)10;1-2-3-4-5-6(7)8;1-2;;;/h1-4,10H,(H,8,9);2-5H,1H3,(H,7,8);1H2,2H3;;;/q;;;3*+1/p-3/b;3-2+,5-4+;;;;. The second-order valence-corrected chi connectivity index (χ2v) is 17.0. The fourth-order valence-corrected chi connectivity index (χ4v) is 10.0. The average molecular weight is 555 g/mol. The van der Waals surface area contributed by atoms with Crippen LogP contribution in [0.1, 0.15) is 24.2 Å². The number of hydrogen-bond donors (Lipinski definition) is 0. The molecule has 0 atom stereocenters. The fourth-order valence-electron chi connectivity index (χ4n) is 1.22. The molecule has 23 heavy (non-hydrogen) atoms. The molecule has 1 rings (SSSR count). The summed E-state index contributed by atoms with van der Waals surface area (Å²) in [7, 11) is 1.78. The van der Waals surface area contributed by atoms with Gasteiger partial charge in [0.1, 0.15) is 0 Å². The minimum atomic E-state index is -1.16. The van der Waals surface area contributed by atoms with Crippen molar-refractivity contribution >= 4 is 20.2 Å². The van der Waals surface area contributed by atoms with E-state index >= 15 is 0 Å². The molecule has 0 aliphatic heterocycles. The molecule has 0 saturated heterocycles. The number of aromatic carboxylic acids is 1. The Morgan fingerprint density at radius 2 is 1.83 bits per heavy atom. The topological polar surface area (TPSA) is 80.3 Å². The molecule has 0 spiro atoms. The maximum Gasteiger partial charge on any atom is 1.00 e. The van der Waals surface area contributed by atoms with Crippen LogP contribution in [0.3, 0.4) is 0 Å². The van der Waals surface area contributed by atoms with Crippen LogP contribution < -0.4 is 91.2 Å². The summed E-state index contributed by atoms with van der Waals surface area (Å²) in [4.78, 5) is 21.2. The molecular formula is C15H16HgKNaO4S. The van der Waals surface area contributed by atoms with Crippen LogP contribution in [0.4, 0.5) is 0 Å². The third-order valence-electron chi connectivity index (χ3n) is 2.10. The van der Waals surface area contributed by atoms with Gasteiger partial charge in [0.25, 0.3) is 0 Å². The van der Waals surface area contributed by atoms with Crippen LogP contribution in [-0.2, 0) is 27.9 Å². The number of carbonyl (C=O) groups excluding carboxylic acids is 2. The van der Waals surface area contributed by atoms with Crippen LogP contribution in [0.15, 0.2) is 53.5 Å². The normalized spacial score (nSPS) is 9.13. The molecular weight excluding hydrogens is 539 g/mol. The Kier molecular flexibility index (Phi) is 25.4. The van der Waals surface area contributed by atoms with Crippen molar-refractivity contribution in [3.05, 3.63) is 54.1 Å². The van der Waals surface area contributed by atoms with Gasteiger partial charge in [0.2, 0.25) is 0 Å². The Morgan fingerprint density at radius 1 is 1.22 bits per heavy atom. The number of rotatable bonds is 6. The minimum Gasteiger partial charge on any atom is 1.00 e. The maximum atomic E-state index is 10.7. The molecule has 0 fully saturated rings. The zero-order valence-corrected chi connectivity index (χ0v) is 25.5. The third kappa shape index (κ3) is 16.8. The van der Waals surface area contributed by atoms with Crippen molar-refractivity contribution < 1.29 is 124 Å². The number of hydrogen-bond acceptors (Lipinski definition) is 5. The molecule has 4 nitrogen and oxygen atoms in total. The largest absolute Gasteiger partial charge is 1.00 e. The first-order valence-corrected chi connectivity index (χ1v) is 18.1. The van der Waals surface area contributed by atoms with Gasteiger partial charge in [-0.2, -0.15) is 0 Å². The van der Waals surface area contributed by atoms with Gasteiger partial charge in [0, 0.05) is 0 Å². The van der Waals surface area contributed by atoms with E-state index in [-0.39, 0.29) is 80.9 Å². The molecule has 0 aliphatic rings. The van der Waals surface area contributed by atoms with E-state index in [9.17, 15) is 19.8 Å². The van der Waals surface area contributed by atoms with Crippen molar-refractivity contribution in [1.82, 2.24) is 0 Å². The predicted molar refractivity (Wildman–Crippen MR) is 76.1 cm³/mol. The van der Waals surface area contributed by atoms with Gasteiger partial charge in [-0.3, -0.25) is 0 Å². The van der Waals surface area contributed by atoms with Gasteiger partial charge < -0.3 is 9.90 Å². The second-order valence-electron chi connectivity index (χ2n) is 3.84. The number of carboxylic acid groups (broad SMARTS) is 2. The molecule has 0 radical (unpaired) electrons. The Labute approximate surface area is 216 Å². The van der Waals surface area contributed by atoms with Crippen LogP contribution in [0.2, 0.25) is 3.93 Å². The van der Waals surface area contributed by atoms with Crippen LogP contribution >= 0.6 is 8.24 Å². The summed E-state index contributed by atoms with van der Waals surface area (Å²) in [5.41, 5.74) is 0.348. The Bertz CT molecular complexity index is 524. The van der Waals surface area contributed by atoms with E-state index in [1.165, 1.54) is 10.0 Å². The average Bonchev–Trinajstić information content (AvgIpc) is 2.46. The molecule has 110 valence electrons. The molecule has 1 aromatic carbocycles. The predicted octanol–water partition coefficient (Wildman–Crippen LogP) is -4.55. The van der Waals surface area contributed by atoms with Crippen molar-refractivity contribution in [3.8, 4) is 0 Å². The molecule has 0 aromatic heterocycles. The summed E-state index contributed by atoms with van der Waals surface area (Å²) in [5, 5.41) is 20.3. The number of carboxylic acids is 2. The number of aliphatic carboxylic acids is 1. The summed E-state index contributed by atoms with van der Waals surface area (Å²) in [5.74, 6) is -2.23. The van der Waals surface area contributed by atoms with E-state index in [2.05, 4.69) is 6.92 Å². The fraction of sp³-hybridized carbons (Fsp3) is 0.200. The van der Waals surface area contributed by atoms with Gasteiger partial charge in [-0.25, -0.2) is 0 Å². The van der Waals surface area contributed by atoms with Crippen molar-refractivity contribution in [1.29, 1.82) is 0 Å². The molecule has 8 heteroatoms. The van der Waals surface area contributed by atoms with Crippen LogP contribution in [0.25, 0.3) is 0 Å². The molecule has 0 aliphatic carbocycles. The molecule has 0 amide bonds. The van der Waals surface area contributed by atoms with E-state index in [4.69, 9.17) is 0 Å². The molecule has 0 N–H and O–H groups in total. The minimum absolute atomic E-state index is 0. The first kappa shape index (κ1) is 29.3. The maximum absolute atomic E-state index is 10.7. The van der Waals surface area contributed by atoms with E-state index in [0.29, 0.717) is 5.56 Å². The SMILES string of the molecule is C/C=C/C=C/C(=O)[O-].C[CH2][Hg][S]c1ccccc1C(=O)[O-].[K+].[Na+]. The molecule has 0 bridgehead atoms. The zero-order valence-electron chi connectivity index (χ0n) is 14.1. The van der Waals surface area contributed by atoms with Gasteiger partial charge in [0.15, 0.2) is 0 Å². The summed E-state index contributed by atoms with van der Waals surface area (Å²) < 4.78 is 1.26. The van der Waals surface area contributed by atoms with E-state index in [0.717, 1.165) is 11.0 Å². The Morgan fingerprint density at radius 3 is 2.30 bits per heavy atom. The molecule has 0 unspecified atom stereocenters. The number of benzene rings is 1. The van der Waals surface area contributed by atoms with Crippen LogP contribution in [-0.4, -0.2) is 11.9 Å². The smallest absolute Gasteiger partial charge is 1.00 e. The summed E-state index contributed by atoms with van der Waals surface area (Å²) in [6.45, 7) is 3.97. The van der Waals surface area contributed by atoms with Gasteiger partial charge in [-0.05, 0) is 13.0 Å². The van der Waals surface area contributed by atoms with Crippen LogP contribution in [0.5, 0.6) is 0 Å². The second kappa shape index (κ2) is 19.9. The first-order chi connectivity index (χ1) is 10.0. The van der Waals surface area contributed by atoms with Crippen molar-refractivity contribution in [2.75, 3.05) is 0 Å². The summed E-state index contributed by atoms with van der Waals surface area (Å²) >= 11 is -0.888. The van der Waals surface area contributed by atoms with E-state index in [1.54, 1.807) is 39.5 Å². The molecule has 0 heterocycles. The van der Waals surface area contributed by atoms with Gasteiger partial charge >= 0.3 is 174 Å². The first-order valence-electron chi connectivity index (χ1n) is 6.46. The Balaban J connectivity index is -0.000000353. The molecule has 0 saturated carbocycles. The van der Waals surface area contributed by atoms with Gasteiger partial charge in [-0.15, -0.1) is 0 Å². The van der Waals surface area contributed by atoms with Gasteiger partial charge in [-0.1, -0.05) is 18.2 Å². The Hall–Kier alpha value is 1.56. The number of allylic oxidation sites excluding steroid dienone is 3. The summed E-state index contributed by atoms with van der Waals surface area (Å²) in [6, 6.07) is 7.09. The van der Waals surface area contributed by atoms with Crippen LogP contribution in [0, 0.1) is 0 Å². The van der Waals surface area contributed by atoms with Crippen molar-refractivity contribution in [2.24, 2.45) is 0 Å². The van der Waals surface area contributed by atoms with Crippen molar-refractivity contribution in [3.63, 3.8) is 0 Å². The number of carbonyl (C=O) groups is 2. The molecule has 1 aromatic rings. The third-order valence-corrected chi connectivity index (χ3v) is 14.2. The van der Waals surface area contributed by atoms with E-state index < -0.39 is 35.0 Å². The van der Waals surface area contributed by atoms with Gasteiger partial charge in [0.05, 0.1) is 5.97 Å². The zero-order chi connectivity index (χ0) is 16.1. The van der Waals surface area contributed by atoms with Crippen molar-refractivity contribution in [2.45, 2.75) is 22.7 Å². The monoisotopic (exact) mass is 556 g/mol. The summed E-state index contributed by atoms with van der Waals surface area (Å²) in [6.07, 6.45) is 5.74. The van der Waals surface area contributed by atoms with E-state index in [1.807, 2.05) is 12.1 Å².